The number of aromatic nitrogens is 1. The fraction of sp³-hybridized carbons (Fsp3) is 0.368. The highest BCUT2D eigenvalue weighted by molar-refractivity contribution is 5.77. The number of hydrogen-bond acceptors (Lipinski definition) is 4. The summed E-state index contributed by atoms with van der Waals surface area (Å²) in [5, 5.41) is 2.90. The van der Waals surface area contributed by atoms with Gasteiger partial charge in [-0.1, -0.05) is 18.2 Å². The molecule has 1 aromatic heterocycles. The van der Waals surface area contributed by atoms with Crippen molar-refractivity contribution in [2.45, 2.75) is 37.8 Å². The van der Waals surface area contributed by atoms with E-state index in [1.807, 2.05) is 42.5 Å². The van der Waals surface area contributed by atoms with E-state index in [0.717, 1.165) is 30.7 Å². The second kappa shape index (κ2) is 7.45. The molecule has 5 heteroatoms. The van der Waals surface area contributed by atoms with Crippen molar-refractivity contribution in [3.05, 3.63) is 54.4 Å². The largest absolute Gasteiger partial charge is 0.456 e. The summed E-state index contributed by atoms with van der Waals surface area (Å²) >= 11 is 0. The van der Waals surface area contributed by atoms with Gasteiger partial charge in [-0.25, -0.2) is 0 Å². The quantitative estimate of drug-likeness (QED) is 0.846. The SMILES string of the molecule is COC1(CC(=O)NCc2ccc(Oc3ccccc3)cn2)CCC1. The summed E-state index contributed by atoms with van der Waals surface area (Å²) in [5.41, 5.74) is 0.550. The van der Waals surface area contributed by atoms with Gasteiger partial charge in [-0.2, -0.15) is 0 Å². The fourth-order valence-electron chi connectivity index (χ4n) is 2.77. The minimum absolute atomic E-state index is 0.00274. The van der Waals surface area contributed by atoms with Gasteiger partial charge >= 0.3 is 0 Å². The third-order valence-electron chi connectivity index (χ3n) is 4.42. The summed E-state index contributed by atoms with van der Waals surface area (Å²) in [6.45, 7) is 0.407. The van der Waals surface area contributed by atoms with Crippen LogP contribution in [0.25, 0.3) is 0 Å². The standard InChI is InChI=1S/C19H22N2O3/c1-23-19(10-5-11-19)12-18(22)21-13-15-8-9-17(14-20-15)24-16-6-3-2-4-7-16/h2-4,6-9,14H,5,10-13H2,1H3,(H,21,22). The Morgan fingerprint density at radius 2 is 1.96 bits per heavy atom. The molecule has 0 saturated heterocycles. The molecule has 0 aliphatic heterocycles. The molecule has 3 rings (SSSR count). The Morgan fingerprint density at radius 3 is 2.54 bits per heavy atom. The molecule has 1 aliphatic carbocycles. The lowest BCUT2D eigenvalue weighted by Gasteiger charge is -2.39. The summed E-state index contributed by atoms with van der Waals surface area (Å²) in [5.74, 6) is 1.44. The number of methoxy groups -OCH3 is 1. The van der Waals surface area contributed by atoms with Crippen LogP contribution in [0.15, 0.2) is 48.7 Å². The zero-order chi connectivity index (χ0) is 16.8. The summed E-state index contributed by atoms with van der Waals surface area (Å²) in [6, 6.07) is 13.3. The van der Waals surface area contributed by atoms with Crippen molar-refractivity contribution < 1.29 is 14.3 Å². The molecule has 0 atom stereocenters. The molecule has 0 radical (unpaired) electrons. The Kier molecular flexibility index (Phi) is 5.11. The van der Waals surface area contributed by atoms with E-state index in [0.29, 0.717) is 18.7 Å². The van der Waals surface area contributed by atoms with Crippen LogP contribution >= 0.6 is 0 Å². The third kappa shape index (κ3) is 4.11. The van der Waals surface area contributed by atoms with Crippen LogP contribution in [-0.2, 0) is 16.1 Å². The molecule has 1 aromatic carbocycles. The number of benzene rings is 1. The Hall–Kier alpha value is -2.40. The second-order valence-corrected chi connectivity index (χ2v) is 6.09. The number of carbonyl (C=O) groups is 1. The van der Waals surface area contributed by atoms with Crippen molar-refractivity contribution in [3.63, 3.8) is 0 Å². The number of nitrogens with one attached hydrogen (secondary N) is 1. The van der Waals surface area contributed by atoms with Gasteiger partial charge in [-0.3, -0.25) is 9.78 Å². The third-order valence-corrected chi connectivity index (χ3v) is 4.42. The molecule has 1 amide bonds. The van der Waals surface area contributed by atoms with E-state index in [9.17, 15) is 4.79 Å². The summed E-state index contributed by atoms with van der Waals surface area (Å²) in [6.07, 6.45) is 5.13. The summed E-state index contributed by atoms with van der Waals surface area (Å²) in [4.78, 5) is 16.4. The number of pyridine rings is 1. The van der Waals surface area contributed by atoms with Crippen molar-refractivity contribution in [3.8, 4) is 11.5 Å². The molecule has 5 nitrogen and oxygen atoms in total. The van der Waals surface area contributed by atoms with Crippen molar-refractivity contribution >= 4 is 5.91 Å². The highest BCUT2D eigenvalue weighted by atomic mass is 16.5. The van der Waals surface area contributed by atoms with E-state index in [2.05, 4.69) is 10.3 Å². The van der Waals surface area contributed by atoms with Crippen LogP contribution in [0.5, 0.6) is 11.5 Å². The first-order valence-corrected chi connectivity index (χ1v) is 8.19. The average molecular weight is 326 g/mol. The zero-order valence-corrected chi connectivity index (χ0v) is 13.8. The first-order valence-electron chi connectivity index (χ1n) is 8.19. The number of nitrogens with zero attached hydrogens (tertiary/aromatic N) is 1. The van der Waals surface area contributed by atoms with E-state index in [1.165, 1.54) is 0 Å². The molecular weight excluding hydrogens is 304 g/mol. The molecular formula is C19H22N2O3. The maximum Gasteiger partial charge on any atom is 0.223 e. The first kappa shape index (κ1) is 16.5. The van der Waals surface area contributed by atoms with Crippen molar-refractivity contribution in [1.29, 1.82) is 0 Å². The van der Waals surface area contributed by atoms with Gasteiger partial charge in [0.2, 0.25) is 5.91 Å². The van der Waals surface area contributed by atoms with E-state index in [-0.39, 0.29) is 11.5 Å². The fourth-order valence-corrected chi connectivity index (χ4v) is 2.77. The molecule has 126 valence electrons. The average Bonchev–Trinajstić information content (AvgIpc) is 2.58. The number of para-hydroxylation sites is 1. The van der Waals surface area contributed by atoms with Gasteiger partial charge in [0.1, 0.15) is 11.5 Å². The molecule has 0 unspecified atom stereocenters. The molecule has 1 heterocycles. The molecule has 24 heavy (non-hydrogen) atoms. The molecule has 1 aliphatic rings. The topological polar surface area (TPSA) is 60.5 Å². The minimum atomic E-state index is -0.245. The van der Waals surface area contributed by atoms with Gasteiger partial charge in [-0.15, -0.1) is 0 Å². The minimum Gasteiger partial charge on any atom is -0.456 e. The van der Waals surface area contributed by atoms with Crippen LogP contribution in [0.4, 0.5) is 0 Å². The number of amides is 1. The molecule has 0 spiro atoms. The second-order valence-electron chi connectivity index (χ2n) is 6.09. The van der Waals surface area contributed by atoms with Crippen LogP contribution in [-0.4, -0.2) is 23.6 Å². The van der Waals surface area contributed by atoms with E-state index < -0.39 is 0 Å². The maximum atomic E-state index is 12.0. The summed E-state index contributed by atoms with van der Waals surface area (Å²) < 4.78 is 11.2. The summed E-state index contributed by atoms with van der Waals surface area (Å²) in [7, 11) is 1.68. The van der Waals surface area contributed by atoms with Crippen LogP contribution < -0.4 is 10.1 Å². The van der Waals surface area contributed by atoms with Crippen LogP contribution in [0.1, 0.15) is 31.4 Å². The van der Waals surface area contributed by atoms with Crippen LogP contribution in [0.3, 0.4) is 0 Å². The van der Waals surface area contributed by atoms with Gasteiger partial charge in [-0.05, 0) is 43.5 Å². The van der Waals surface area contributed by atoms with E-state index >= 15 is 0 Å². The van der Waals surface area contributed by atoms with Gasteiger partial charge in [0, 0.05) is 7.11 Å². The molecule has 1 N–H and O–H groups in total. The molecule has 0 bridgehead atoms. The number of ether oxygens (including phenoxy) is 2. The smallest absolute Gasteiger partial charge is 0.223 e. The highest BCUT2D eigenvalue weighted by Crippen LogP contribution is 2.37. The van der Waals surface area contributed by atoms with Crippen LogP contribution in [0, 0.1) is 0 Å². The monoisotopic (exact) mass is 326 g/mol. The predicted octanol–water partition coefficient (Wildman–Crippen LogP) is 3.45. The van der Waals surface area contributed by atoms with Gasteiger partial charge < -0.3 is 14.8 Å². The van der Waals surface area contributed by atoms with Crippen LogP contribution in [0.2, 0.25) is 0 Å². The maximum absolute atomic E-state index is 12.0. The van der Waals surface area contributed by atoms with E-state index in [1.54, 1.807) is 13.3 Å². The van der Waals surface area contributed by atoms with Gasteiger partial charge in [0.05, 0.1) is 30.5 Å². The molecule has 1 fully saturated rings. The van der Waals surface area contributed by atoms with Crippen molar-refractivity contribution in [2.75, 3.05) is 7.11 Å². The van der Waals surface area contributed by atoms with Gasteiger partial charge in [0.25, 0.3) is 0 Å². The number of carbonyl (C=O) groups excluding carboxylic acids is 1. The predicted molar refractivity (Wildman–Crippen MR) is 90.8 cm³/mol. The Morgan fingerprint density at radius 1 is 1.17 bits per heavy atom. The number of rotatable bonds is 7. The first-order chi connectivity index (χ1) is 11.7. The Bertz CT molecular complexity index is 661. The lowest BCUT2D eigenvalue weighted by molar-refractivity contribution is -0.134. The van der Waals surface area contributed by atoms with Crippen molar-refractivity contribution in [2.24, 2.45) is 0 Å². The Labute approximate surface area is 142 Å². The van der Waals surface area contributed by atoms with Crippen molar-refractivity contribution in [1.82, 2.24) is 10.3 Å². The number of hydrogen-bond donors (Lipinski definition) is 1. The Balaban J connectivity index is 1.48. The highest BCUT2D eigenvalue weighted by Gasteiger charge is 2.38. The zero-order valence-electron chi connectivity index (χ0n) is 13.8. The molecule has 2 aromatic rings. The lowest BCUT2D eigenvalue weighted by Crippen LogP contribution is -2.43. The van der Waals surface area contributed by atoms with Gasteiger partial charge in [0.15, 0.2) is 0 Å². The lowest BCUT2D eigenvalue weighted by atomic mass is 9.77. The van der Waals surface area contributed by atoms with E-state index in [4.69, 9.17) is 9.47 Å². The molecule has 1 saturated carbocycles. The normalized spacial score (nSPS) is 15.4.